The number of aromatic amines is 1. The molecule has 6 nitrogen and oxygen atoms in total. The Kier molecular flexibility index (Phi) is 4.29. The zero-order valence-electron chi connectivity index (χ0n) is 14.4. The summed E-state index contributed by atoms with van der Waals surface area (Å²) in [7, 11) is 0. The summed E-state index contributed by atoms with van der Waals surface area (Å²) >= 11 is 0. The fourth-order valence-corrected chi connectivity index (χ4v) is 2.80. The van der Waals surface area contributed by atoms with Crippen molar-refractivity contribution in [2.45, 2.75) is 40.5 Å². The Morgan fingerprint density at radius 3 is 2.50 bits per heavy atom. The maximum atomic E-state index is 12.1. The van der Waals surface area contributed by atoms with E-state index < -0.39 is 0 Å². The SMILES string of the molecule is CCc1ccc2nc(Nc3nc(C)c(CC)c(=O)[nH]3)nc(C)c2c1. The first kappa shape index (κ1) is 16.1. The number of fused-ring (bicyclic) bond motifs is 1. The summed E-state index contributed by atoms with van der Waals surface area (Å²) in [6.45, 7) is 7.85. The van der Waals surface area contributed by atoms with E-state index in [2.05, 4.69) is 44.3 Å². The molecule has 0 unspecified atom stereocenters. The summed E-state index contributed by atoms with van der Waals surface area (Å²) in [5, 5.41) is 4.05. The lowest BCUT2D eigenvalue weighted by Crippen LogP contribution is -2.18. The van der Waals surface area contributed by atoms with E-state index in [0.717, 1.165) is 23.0 Å². The molecule has 0 saturated heterocycles. The summed E-state index contributed by atoms with van der Waals surface area (Å²) in [5.41, 5.74) is 4.30. The molecule has 2 aromatic heterocycles. The van der Waals surface area contributed by atoms with Crippen LogP contribution >= 0.6 is 0 Å². The van der Waals surface area contributed by atoms with Crippen LogP contribution in [0.5, 0.6) is 0 Å². The van der Waals surface area contributed by atoms with Crippen molar-refractivity contribution < 1.29 is 0 Å². The normalized spacial score (nSPS) is 11.0. The van der Waals surface area contributed by atoms with Gasteiger partial charge in [-0.1, -0.05) is 19.9 Å². The monoisotopic (exact) mass is 323 g/mol. The van der Waals surface area contributed by atoms with Gasteiger partial charge in [0.1, 0.15) is 0 Å². The van der Waals surface area contributed by atoms with Crippen molar-refractivity contribution >= 4 is 22.8 Å². The van der Waals surface area contributed by atoms with E-state index in [9.17, 15) is 4.79 Å². The number of nitrogens with one attached hydrogen (secondary N) is 2. The second-order valence-electron chi connectivity index (χ2n) is 5.79. The number of aromatic nitrogens is 4. The van der Waals surface area contributed by atoms with Crippen LogP contribution in [0.4, 0.5) is 11.9 Å². The molecule has 124 valence electrons. The van der Waals surface area contributed by atoms with E-state index in [-0.39, 0.29) is 5.56 Å². The number of benzene rings is 1. The average molecular weight is 323 g/mol. The Balaban J connectivity index is 2.00. The molecular weight excluding hydrogens is 302 g/mol. The Hall–Kier alpha value is -2.76. The first-order chi connectivity index (χ1) is 11.5. The molecule has 0 aliphatic rings. The number of anilines is 2. The van der Waals surface area contributed by atoms with Gasteiger partial charge < -0.3 is 0 Å². The van der Waals surface area contributed by atoms with Crippen LogP contribution in [-0.2, 0) is 12.8 Å². The van der Waals surface area contributed by atoms with Gasteiger partial charge in [-0.05, 0) is 44.4 Å². The minimum atomic E-state index is -0.127. The van der Waals surface area contributed by atoms with Gasteiger partial charge in [0.2, 0.25) is 11.9 Å². The molecule has 0 bridgehead atoms. The molecule has 2 N–H and O–H groups in total. The van der Waals surface area contributed by atoms with Crippen LogP contribution in [-0.4, -0.2) is 19.9 Å². The third-order valence-corrected chi connectivity index (χ3v) is 4.16. The Morgan fingerprint density at radius 1 is 1.04 bits per heavy atom. The first-order valence-electron chi connectivity index (χ1n) is 8.16. The van der Waals surface area contributed by atoms with Gasteiger partial charge in [-0.3, -0.25) is 15.1 Å². The van der Waals surface area contributed by atoms with E-state index in [0.29, 0.717) is 29.6 Å². The number of H-pyrrole nitrogens is 1. The van der Waals surface area contributed by atoms with Crippen LogP contribution in [0.15, 0.2) is 23.0 Å². The molecule has 0 amide bonds. The summed E-state index contributed by atoms with van der Waals surface area (Å²) in [6, 6.07) is 6.18. The van der Waals surface area contributed by atoms with Gasteiger partial charge in [0.15, 0.2) is 0 Å². The number of hydrogen-bond acceptors (Lipinski definition) is 5. The fraction of sp³-hybridized carbons (Fsp3) is 0.333. The molecule has 0 saturated carbocycles. The third-order valence-electron chi connectivity index (χ3n) is 4.16. The minimum Gasteiger partial charge on any atom is -0.294 e. The van der Waals surface area contributed by atoms with Crippen molar-refractivity contribution in [3.63, 3.8) is 0 Å². The Morgan fingerprint density at radius 2 is 1.83 bits per heavy atom. The van der Waals surface area contributed by atoms with Crippen LogP contribution in [0.1, 0.15) is 36.4 Å². The van der Waals surface area contributed by atoms with E-state index in [1.165, 1.54) is 5.56 Å². The van der Waals surface area contributed by atoms with E-state index >= 15 is 0 Å². The molecule has 24 heavy (non-hydrogen) atoms. The largest absolute Gasteiger partial charge is 0.294 e. The average Bonchev–Trinajstić information content (AvgIpc) is 2.54. The highest BCUT2D eigenvalue weighted by Gasteiger charge is 2.09. The smallest absolute Gasteiger partial charge is 0.255 e. The van der Waals surface area contributed by atoms with Gasteiger partial charge in [0.05, 0.1) is 11.2 Å². The highest BCUT2D eigenvalue weighted by atomic mass is 16.1. The van der Waals surface area contributed by atoms with Gasteiger partial charge in [0.25, 0.3) is 5.56 Å². The van der Waals surface area contributed by atoms with Crippen molar-refractivity contribution in [2.75, 3.05) is 5.32 Å². The quantitative estimate of drug-likeness (QED) is 0.770. The predicted octanol–water partition coefficient (Wildman–Crippen LogP) is 3.20. The Bertz CT molecular complexity index is 962. The zero-order chi connectivity index (χ0) is 17.3. The van der Waals surface area contributed by atoms with Gasteiger partial charge in [-0.25, -0.2) is 15.0 Å². The first-order valence-corrected chi connectivity index (χ1v) is 8.16. The Labute approximate surface area is 140 Å². The lowest BCUT2D eigenvalue weighted by Gasteiger charge is -2.09. The molecule has 0 spiro atoms. The maximum Gasteiger partial charge on any atom is 0.255 e. The summed E-state index contributed by atoms with van der Waals surface area (Å²) < 4.78 is 0. The molecule has 2 heterocycles. The molecule has 3 aromatic rings. The standard InChI is InChI=1S/C18H21N5O/c1-5-12-7-8-15-14(9-12)11(4)20-17(21-15)23-18-19-10(3)13(6-2)16(24)22-18/h7-9H,5-6H2,1-4H3,(H2,19,20,21,22,23,24). The van der Waals surface area contributed by atoms with Gasteiger partial charge >= 0.3 is 0 Å². The molecular formula is C18H21N5O. The lowest BCUT2D eigenvalue weighted by molar-refractivity contribution is 0.961. The molecule has 1 aromatic carbocycles. The maximum absolute atomic E-state index is 12.1. The third kappa shape index (κ3) is 2.99. The van der Waals surface area contributed by atoms with E-state index in [1.54, 1.807) is 0 Å². The molecule has 6 heteroatoms. The topological polar surface area (TPSA) is 83.6 Å². The molecule has 3 rings (SSSR count). The second-order valence-corrected chi connectivity index (χ2v) is 5.79. The van der Waals surface area contributed by atoms with E-state index in [1.807, 2.05) is 26.8 Å². The van der Waals surface area contributed by atoms with E-state index in [4.69, 9.17) is 0 Å². The highest BCUT2D eigenvalue weighted by Crippen LogP contribution is 2.20. The molecule has 0 aliphatic carbocycles. The highest BCUT2D eigenvalue weighted by molar-refractivity contribution is 5.82. The van der Waals surface area contributed by atoms with Crippen LogP contribution in [0, 0.1) is 13.8 Å². The second kappa shape index (κ2) is 6.39. The van der Waals surface area contributed by atoms with Crippen molar-refractivity contribution in [1.29, 1.82) is 0 Å². The molecule has 0 radical (unpaired) electrons. The molecule has 0 aliphatic heterocycles. The van der Waals surface area contributed by atoms with Crippen LogP contribution in [0.3, 0.4) is 0 Å². The van der Waals surface area contributed by atoms with Crippen molar-refractivity contribution in [1.82, 2.24) is 19.9 Å². The fourth-order valence-electron chi connectivity index (χ4n) is 2.80. The predicted molar refractivity (Wildman–Crippen MR) is 95.9 cm³/mol. The van der Waals surface area contributed by atoms with Crippen molar-refractivity contribution in [2.24, 2.45) is 0 Å². The van der Waals surface area contributed by atoms with Crippen molar-refractivity contribution in [3.8, 4) is 0 Å². The summed E-state index contributed by atoms with van der Waals surface area (Å²) in [6.07, 6.45) is 1.63. The molecule has 0 fully saturated rings. The van der Waals surface area contributed by atoms with Gasteiger partial charge in [-0.15, -0.1) is 0 Å². The van der Waals surface area contributed by atoms with Crippen LogP contribution in [0.2, 0.25) is 0 Å². The summed E-state index contributed by atoms with van der Waals surface area (Å²) in [5.74, 6) is 0.787. The lowest BCUT2D eigenvalue weighted by atomic mass is 10.1. The van der Waals surface area contributed by atoms with Gasteiger partial charge in [-0.2, -0.15) is 0 Å². The summed E-state index contributed by atoms with van der Waals surface area (Å²) in [4.78, 5) is 28.2. The number of hydrogen-bond donors (Lipinski definition) is 2. The number of aryl methyl sites for hydroxylation is 3. The zero-order valence-corrected chi connectivity index (χ0v) is 14.4. The van der Waals surface area contributed by atoms with Crippen LogP contribution < -0.4 is 10.9 Å². The van der Waals surface area contributed by atoms with Crippen LogP contribution in [0.25, 0.3) is 10.9 Å². The molecule has 0 atom stereocenters. The minimum absolute atomic E-state index is 0.127. The van der Waals surface area contributed by atoms with Gasteiger partial charge in [0, 0.05) is 16.6 Å². The number of rotatable bonds is 4. The number of nitrogens with zero attached hydrogens (tertiary/aromatic N) is 3. The van der Waals surface area contributed by atoms with Crippen molar-refractivity contribution in [3.05, 3.63) is 51.1 Å².